The lowest BCUT2D eigenvalue weighted by atomic mass is 9.95. The van der Waals surface area contributed by atoms with Crippen LogP contribution in [0.2, 0.25) is 0 Å². The van der Waals surface area contributed by atoms with Crippen molar-refractivity contribution in [1.82, 2.24) is 10.6 Å². The highest BCUT2D eigenvalue weighted by Crippen LogP contribution is 2.31. The molecule has 2 aromatic rings. The number of hydrogen-bond acceptors (Lipinski definition) is 2. The summed E-state index contributed by atoms with van der Waals surface area (Å²) >= 11 is 0. The van der Waals surface area contributed by atoms with Crippen molar-refractivity contribution >= 4 is 16.8 Å². The van der Waals surface area contributed by atoms with Crippen molar-refractivity contribution in [3.63, 3.8) is 0 Å². The Morgan fingerprint density at radius 2 is 2.04 bits per heavy atom. The SMILES string of the molecule is C=CCc1c(OC)ccc2cccc(CCNC(=O)NC3CCCCC3)c12. The van der Waals surface area contributed by atoms with E-state index in [4.69, 9.17) is 4.74 Å². The van der Waals surface area contributed by atoms with Crippen molar-refractivity contribution in [2.75, 3.05) is 13.7 Å². The fraction of sp³-hybridized carbons (Fsp3) is 0.435. The first kappa shape index (κ1) is 19.3. The molecule has 2 aromatic carbocycles. The monoisotopic (exact) mass is 366 g/mol. The van der Waals surface area contributed by atoms with Gasteiger partial charge in [0, 0.05) is 18.2 Å². The number of carbonyl (C=O) groups excluding carboxylic acids is 1. The van der Waals surface area contributed by atoms with E-state index in [1.165, 1.54) is 35.6 Å². The number of carbonyl (C=O) groups is 1. The van der Waals surface area contributed by atoms with Gasteiger partial charge in [-0.2, -0.15) is 0 Å². The van der Waals surface area contributed by atoms with E-state index >= 15 is 0 Å². The normalized spacial score (nSPS) is 14.7. The van der Waals surface area contributed by atoms with Crippen LogP contribution < -0.4 is 15.4 Å². The van der Waals surface area contributed by atoms with Gasteiger partial charge in [0.2, 0.25) is 0 Å². The third kappa shape index (κ3) is 4.82. The Labute approximate surface area is 162 Å². The molecule has 0 saturated heterocycles. The van der Waals surface area contributed by atoms with Gasteiger partial charge in [-0.15, -0.1) is 6.58 Å². The van der Waals surface area contributed by atoms with Crippen LogP contribution in [-0.2, 0) is 12.8 Å². The van der Waals surface area contributed by atoms with Gasteiger partial charge in [0.15, 0.2) is 0 Å². The number of methoxy groups -OCH3 is 1. The van der Waals surface area contributed by atoms with Crippen molar-refractivity contribution in [2.45, 2.75) is 51.0 Å². The molecule has 0 aliphatic heterocycles. The number of nitrogens with one attached hydrogen (secondary N) is 2. The highest BCUT2D eigenvalue weighted by molar-refractivity contribution is 5.91. The van der Waals surface area contributed by atoms with Gasteiger partial charge in [-0.1, -0.05) is 49.6 Å². The Kier molecular flexibility index (Phi) is 6.74. The van der Waals surface area contributed by atoms with Gasteiger partial charge >= 0.3 is 6.03 Å². The quantitative estimate of drug-likeness (QED) is 0.695. The number of allylic oxidation sites excluding steroid dienone is 1. The summed E-state index contributed by atoms with van der Waals surface area (Å²) in [6.07, 6.45) is 9.37. The molecule has 0 unspecified atom stereocenters. The molecular formula is C23H30N2O2. The number of rotatable bonds is 7. The number of ether oxygens (including phenoxy) is 1. The minimum Gasteiger partial charge on any atom is -0.496 e. The fourth-order valence-corrected chi connectivity index (χ4v) is 4.06. The van der Waals surface area contributed by atoms with Crippen molar-refractivity contribution in [3.8, 4) is 5.75 Å². The Morgan fingerprint density at radius 3 is 2.78 bits per heavy atom. The molecule has 1 aliphatic carbocycles. The van der Waals surface area contributed by atoms with E-state index in [1.807, 2.05) is 12.1 Å². The molecule has 0 atom stereocenters. The second-order valence-corrected chi connectivity index (χ2v) is 7.24. The smallest absolute Gasteiger partial charge is 0.315 e. The van der Waals surface area contributed by atoms with Gasteiger partial charge in [0.05, 0.1) is 7.11 Å². The van der Waals surface area contributed by atoms with Gasteiger partial charge in [-0.3, -0.25) is 0 Å². The summed E-state index contributed by atoms with van der Waals surface area (Å²) in [4.78, 5) is 12.2. The number of benzene rings is 2. The van der Waals surface area contributed by atoms with Crippen molar-refractivity contribution in [1.29, 1.82) is 0 Å². The van der Waals surface area contributed by atoms with Gasteiger partial charge in [-0.25, -0.2) is 4.79 Å². The lowest BCUT2D eigenvalue weighted by Crippen LogP contribution is -2.43. The maximum absolute atomic E-state index is 12.2. The van der Waals surface area contributed by atoms with Gasteiger partial charge in [0.1, 0.15) is 5.75 Å². The number of amides is 2. The molecule has 1 saturated carbocycles. The third-order valence-electron chi connectivity index (χ3n) is 5.39. The Hall–Kier alpha value is -2.49. The molecule has 4 heteroatoms. The Morgan fingerprint density at radius 1 is 1.22 bits per heavy atom. The zero-order chi connectivity index (χ0) is 19.1. The highest BCUT2D eigenvalue weighted by atomic mass is 16.5. The second-order valence-electron chi connectivity index (χ2n) is 7.24. The molecule has 144 valence electrons. The first-order valence-electron chi connectivity index (χ1n) is 9.95. The van der Waals surface area contributed by atoms with E-state index in [9.17, 15) is 4.79 Å². The molecule has 4 nitrogen and oxygen atoms in total. The summed E-state index contributed by atoms with van der Waals surface area (Å²) in [5.41, 5.74) is 2.38. The molecule has 2 amide bonds. The maximum Gasteiger partial charge on any atom is 0.315 e. The zero-order valence-corrected chi connectivity index (χ0v) is 16.2. The van der Waals surface area contributed by atoms with Crippen LogP contribution in [0.25, 0.3) is 10.8 Å². The first-order chi connectivity index (χ1) is 13.2. The third-order valence-corrected chi connectivity index (χ3v) is 5.39. The van der Waals surface area contributed by atoms with E-state index in [2.05, 4.69) is 41.5 Å². The average Bonchev–Trinajstić information content (AvgIpc) is 2.69. The lowest BCUT2D eigenvalue weighted by Gasteiger charge is -2.23. The zero-order valence-electron chi connectivity index (χ0n) is 16.2. The van der Waals surface area contributed by atoms with Crippen LogP contribution in [0.5, 0.6) is 5.75 Å². The van der Waals surface area contributed by atoms with E-state index < -0.39 is 0 Å². The van der Waals surface area contributed by atoms with Crippen LogP contribution in [-0.4, -0.2) is 25.7 Å². The molecule has 2 N–H and O–H groups in total. The van der Waals surface area contributed by atoms with E-state index in [-0.39, 0.29) is 6.03 Å². The topological polar surface area (TPSA) is 50.4 Å². The molecule has 0 bridgehead atoms. The van der Waals surface area contributed by atoms with E-state index in [0.29, 0.717) is 12.6 Å². The predicted octanol–water partition coefficient (Wildman–Crippen LogP) is 4.75. The number of hydrogen-bond donors (Lipinski definition) is 2. The number of fused-ring (bicyclic) bond motifs is 1. The molecule has 27 heavy (non-hydrogen) atoms. The number of urea groups is 1. The maximum atomic E-state index is 12.2. The molecule has 3 rings (SSSR count). The van der Waals surface area contributed by atoms with Gasteiger partial charge in [0.25, 0.3) is 0 Å². The summed E-state index contributed by atoms with van der Waals surface area (Å²) in [5, 5.41) is 8.54. The van der Waals surface area contributed by atoms with E-state index in [0.717, 1.165) is 37.0 Å². The van der Waals surface area contributed by atoms with E-state index in [1.54, 1.807) is 7.11 Å². The van der Waals surface area contributed by atoms with Crippen molar-refractivity contribution in [2.24, 2.45) is 0 Å². The van der Waals surface area contributed by atoms with Crippen LogP contribution in [0, 0.1) is 0 Å². The standard InChI is InChI=1S/C23H30N2O2/c1-3-8-20-21(27-2)14-13-17-9-7-10-18(22(17)20)15-16-24-23(26)25-19-11-5-4-6-12-19/h3,7,9-10,13-14,19H,1,4-6,8,11-12,15-16H2,2H3,(H2,24,25,26). The van der Waals surface area contributed by atoms with Gasteiger partial charge in [-0.05, 0) is 48.1 Å². The summed E-state index contributed by atoms with van der Waals surface area (Å²) in [6.45, 7) is 4.50. The predicted molar refractivity (Wildman–Crippen MR) is 112 cm³/mol. The molecule has 0 spiro atoms. The first-order valence-corrected chi connectivity index (χ1v) is 9.95. The summed E-state index contributed by atoms with van der Waals surface area (Å²) in [5.74, 6) is 0.887. The van der Waals surface area contributed by atoms with Crippen LogP contribution >= 0.6 is 0 Å². The molecule has 0 heterocycles. The summed E-state index contributed by atoms with van der Waals surface area (Å²) in [6, 6.07) is 10.7. The second kappa shape index (κ2) is 9.45. The average molecular weight is 367 g/mol. The minimum absolute atomic E-state index is 0.0500. The summed E-state index contributed by atoms with van der Waals surface area (Å²) in [7, 11) is 1.70. The van der Waals surface area contributed by atoms with Crippen LogP contribution in [0.1, 0.15) is 43.2 Å². The Balaban J connectivity index is 1.69. The highest BCUT2D eigenvalue weighted by Gasteiger charge is 2.15. The molecule has 1 aliphatic rings. The largest absolute Gasteiger partial charge is 0.496 e. The van der Waals surface area contributed by atoms with Crippen molar-refractivity contribution in [3.05, 3.63) is 54.1 Å². The van der Waals surface area contributed by atoms with Crippen molar-refractivity contribution < 1.29 is 9.53 Å². The molecular weight excluding hydrogens is 336 g/mol. The van der Waals surface area contributed by atoms with Crippen LogP contribution in [0.3, 0.4) is 0 Å². The molecule has 0 radical (unpaired) electrons. The lowest BCUT2D eigenvalue weighted by molar-refractivity contribution is 0.233. The van der Waals surface area contributed by atoms with Crippen LogP contribution in [0.4, 0.5) is 4.79 Å². The molecule has 1 fully saturated rings. The van der Waals surface area contributed by atoms with Crippen LogP contribution in [0.15, 0.2) is 43.0 Å². The molecule has 0 aromatic heterocycles. The van der Waals surface area contributed by atoms with Gasteiger partial charge < -0.3 is 15.4 Å². The summed E-state index contributed by atoms with van der Waals surface area (Å²) < 4.78 is 5.56. The fourth-order valence-electron chi connectivity index (χ4n) is 4.06. The Bertz CT molecular complexity index is 794. The minimum atomic E-state index is -0.0500.